The molecule has 2 aromatic rings. The van der Waals surface area contributed by atoms with Gasteiger partial charge in [0.1, 0.15) is 5.82 Å². The zero-order valence-electron chi connectivity index (χ0n) is 9.75. The van der Waals surface area contributed by atoms with Gasteiger partial charge in [0.15, 0.2) is 17.5 Å². The number of halogens is 3. The molecule has 0 unspecified atom stereocenters. The molecule has 0 saturated heterocycles. The van der Waals surface area contributed by atoms with Crippen molar-refractivity contribution >= 4 is 5.69 Å². The molecule has 0 radical (unpaired) electrons. The third-order valence-corrected chi connectivity index (χ3v) is 2.63. The molecule has 0 aliphatic carbocycles. The minimum atomic E-state index is -1.46. The van der Waals surface area contributed by atoms with Gasteiger partial charge >= 0.3 is 0 Å². The van der Waals surface area contributed by atoms with Crippen molar-refractivity contribution in [3.05, 3.63) is 47.8 Å². The third kappa shape index (κ3) is 2.47. The lowest BCUT2D eigenvalue weighted by atomic mass is 10.3. The monoisotopic (exact) mass is 255 g/mol. The number of hydrogen-bond donors (Lipinski definition) is 1. The van der Waals surface area contributed by atoms with Crippen molar-refractivity contribution in [2.75, 3.05) is 11.9 Å². The molecule has 0 saturated carbocycles. The maximum atomic E-state index is 13.3. The molecule has 0 spiro atoms. The highest BCUT2D eigenvalue weighted by Crippen LogP contribution is 2.19. The van der Waals surface area contributed by atoms with E-state index in [1.54, 1.807) is 12.4 Å². The average molecular weight is 255 g/mol. The van der Waals surface area contributed by atoms with Crippen molar-refractivity contribution in [1.82, 2.24) is 9.55 Å². The maximum Gasteiger partial charge on any atom is 0.196 e. The molecule has 0 bridgehead atoms. The van der Waals surface area contributed by atoms with Gasteiger partial charge in [-0.2, -0.15) is 0 Å². The third-order valence-electron chi connectivity index (χ3n) is 2.63. The van der Waals surface area contributed by atoms with Crippen molar-refractivity contribution in [1.29, 1.82) is 0 Å². The summed E-state index contributed by atoms with van der Waals surface area (Å²) in [5.41, 5.74) is -0.0494. The van der Waals surface area contributed by atoms with Crippen molar-refractivity contribution in [2.45, 2.75) is 13.5 Å². The largest absolute Gasteiger partial charge is 0.381 e. The highest BCUT2D eigenvalue weighted by molar-refractivity contribution is 5.45. The summed E-state index contributed by atoms with van der Waals surface area (Å²) in [7, 11) is 0. The standard InChI is InChI=1S/C12H12F3N3/c1-8-16-4-6-18(8)7-5-17-10-3-2-9(13)11(14)12(10)15/h2-4,6,17H,5,7H2,1H3. The van der Waals surface area contributed by atoms with E-state index < -0.39 is 17.5 Å². The van der Waals surface area contributed by atoms with E-state index in [4.69, 9.17) is 0 Å². The predicted molar refractivity (Wildman–Crippen MR) is 61.8 cm³/mol. The van der Waals surface area contributed by atoms with Gasteiger partial charge in [-0.1, -0.05) is 0 Å². The molecule has 96 valence electrons. The van der Waals surface area contributed by atoms with Crippen LogP contribution in [0, 0.1) is 24.4 Å². The summed E-state index contributed by atoms with van der Waals surface area (Å²) in [6.45, 7) is 2.79. The van der Waals surface area contributed by atoms with Crippen molar-refractivity contribution in [2.24, 2.45) is 0 Å². The van der Waals surface area contributed by atoms with Crippen LogP contribution in [0.15, 0.2) is 24.5 Å². The highest BCUT2D eigenvalue weighted by Gasteiger charge is 2.12. The molecule has 1 heterocycles. The molecular formula is C12H12F3N3. The van der Waals surface area contributed by atoms with E-state index in [9.17, 15) is 13.2 Å². The summed E-state index contributed by atoms with van der Waals surface area (Å²) in [4.78, 5) is 4.04. The van der Waals surface area contributed by atoms with E-state index in [2.05, 4.69) is 10.3 Å². The first-order valence-electron chi connectivity index (χ1n) is 5.44. The highest BCUT2D eigenvalue weighted by atomic mass is 19.2. The second-order valence-corrected chi connectivity index (χ2v) is 3.82. The van der Waals surface area contributed by atoms with Crippen LogP contribution < -0.4 is 5.32 Å². The Morgan fingerprint density at radius 1 is 1.22 bits per heavy atom. The molecule has 0 atom stereocenters. The van der Waals surface area contributed by atoms with Gasteiger partial charge in [0, 0.05) is 25.5 Å². The minimum Gasteiger partial charge on any atom is -0.381 e. The number of nitrogens with one attached hydrogen (secondary N) is 1. The number of aromatic nitrogens is 2. The first-order chi connectivity index (χ1) is 8.59. The SMILES string of the molecule is Cc1nccn1CCNc1ccc(F)c(F)c1F. The van der Waals surface area contributed by atoms with Gasteiger partial charge in [-0.15, -0.1) is 0 Å². The lowest BCUT2D eigenvalue weighted by molar-refractivity contribution is 0.448. The second-order valence-electron chi connectivity index (χ2n) is 3.82. The number of anilines is 1. The first-order valence-corrected chi connectivity index (χ1v) is 5.44. The first kappa shape index (κ1) is 12.5. The van der Waals surface area contributed by atoms with E-state index in [0.29, 0.717) is 13.1 Å². The van der Waals surface area contributed by atoms with Crippen LogP contribution in [0.4, 0.5) is 18.9 Å². The lowest BCUT2D eigenvalue weighted by Gasteiger charge is -2.09. The summed E-state index contributed by atoms with van der Waals surface area (Å²) in [5, 5.41) is 2.72. The van der Waals surface area contributed by atoms with Gasteiger partial charge in [-0.25, -0.2) is 18.2 Å². The fraction of sp³-hybridized carbons (Fsp3) is 0.250. The van der Waals surface area contributed by atoms with Crippen LogP contribution in [-0.2, 0) is 6.54 Å². The molecule has 3 nitrogen and oxygen atoms in total. The molecule has 18 heavy (non-hydrogen) atoms. The summed E-state index contributed by atoms with van der Waals surface area (Å²) < 4.78 is 40.8. The number of benzene rings is 1. The molecule has 1 N–H and O–H groups in total. The molecule has 0 aliphatic heterocycles. The van der Waals surface area contributed by atoms with Crippen LogP contribution in [0.3, 0.4) is 0 Å². The Bertz CT molecular complexity index is 551. The Hall–Kier alpha value is -1.98. The van der Waals surface area contributed by atoms with Crippen LogP contribution in [0.2, 0.25) is 0 Å². The second kappa shape index (κ2) is 5.12. The van der Waals surface area contributed by atoms with Crippen LogP contribution in [0.5, 0.6) is 0 Å². The van der Waals surface area contributed by atoms with Gasteiger partial charge in [-0.05, 0) is 19.1 Å². The average Bonchev–Trinajstić information content (AvgIpc) is 2.75. The Balaban J connectivity index is 1.99. The zero-order chi connectivity index (χ0) is 13.1. The topological polar surface area (TPSA) is 29.9 Å². The van der Waals surface area contributed by atoms with Crippen molar-refractivity contribution in [3.8, 4) is 0 Å². The van der Waals surface area contributed by atoms with E-state index in [1.807, 2.05) is 11.5 Å². The summed E-state index contributed by atoms with van der Waals surface area (Å²) in [5.74, 6) is -3.01. The fourth-order valence-corrected chi connectivity index (χ4v) is 1.61. The Morgan fingerprint density at radius 2 is 2.00 bits per heavy atom. The minimum absolute atomic E-state index is 0.0494. The normalized spacial score (nSPS) is 10.7. The van der Waals surface area contributed by atoms with E-state index >= 15 is 0 Å². The number of rotatable bonds is 4. The predicted octanol–water partition coefficient (Wildman–Crippen LogP) is 2.72. The van der Waals surface area contributed by atoms with Crippen molar-refractivity contribution < 1.29 is 13.2 Å². The molecule has 6 heteroatoms. The number of hydrogen-bond acceptors (Lipinski definition) is 2. The fourth-order valence-electron chi connectivity index (χ4n) is 1.61. The lowest BCUT2D eigenvalue weighted by Crippen LogP contribution is -2.12. The molecule has 1 aromatic heterocycles. The number of imidazole rings is 1. The van der Waals surface area contributed by atoms with Gasteiger partial charge in [0.2, 0.25) is 0 Å². The Morgan fingerprint density at radius 3 is 2.67 bits per heavy atom. The number of nitrogens with zero attached hydrogens (tertiary/aromatic N) is 2. The zero-order valence-corrected chi connectivity index (χ0v) is 9.75. The Kier molecular flexibility index (Phi) is 3.55. The van der Waals surface area contributed by atoms with Gasteiger partial charge in [0.25, 0.3) is 0 Å². The van der Waals surface area contributed by atoms with E-state index in [0.717, 1.165) is 11.9 Å². The van der Waals surface area contributed by atoms with Crippen LogP contribution in [-0.4, -0.2) is 16.1 Å². The quantitative estimate of drug-likeness (QED) is 0.851. The molecule has 1 aromatic carbocycles. The van der Waals surface area contributed by atoms with Gasteiger partial charge < -0.3 is 9.88 Å². The van der Waals surface area contributed by atoms with Crippen LogP contribution >= 0.6 is 0 Å². The summed E-state index contributed by atoms with van der Waals surface area (Å²) in [6, 6.07) is 2.07. The van der Waals surface area contributed by atoms with E-state index in [1.165, 1.54) is 6.07 Å². The van der Waals surface area contributed by atoms with Gasteiger partial charge in [0.05, 0.1) is 5.69 Å². The van der Waals surface area contributed by atoms with Gasteiger partial charge in [-0.3, -0.25) is 0 Å². The smallest absolute Gasteiger partial charge is 0.196 e. The molecule has 0 aliphatic rings. The van der Waals surface area contributed by atoms with Crippen LogP contribution in [0.1, 0.15) is 5.82 Å². The molecule has 0 fully saturated rings. The molecule has 2 rings (SSSR count). The van der Waals surface area contributed by atoms with E-state index in [-0.39, 0.29) is 5.69 Å². The Labute approximate surface area is 102 Å². The number of aryl methyl sites for hydroxylation is 1. The van der Waals surface area contributed by atoms with Crippen molar-refractivity contribution in [3.63, 3.8) is 0 Å². The molecule has 0 amide bonds. The maximum absolute atomic E-state index is 13.3. The van der Waals surface area contributed by atoms with Crippen LogP contribution in [0.25, 0.3) is 0 Å². The summed E-state index contributed by atoms with van der Waals surface area (Å²) in [6.07, 6.45) is 3.45. The molecular weight excluding hydrogens is 243 g/mol. The summed E-state index contributed by atoms with van der Waals surface area (Å²) >= 11 is 0.